The van der Waals surface area contributed by atoms with Crippen LogP contribution < -0.4 is 5.56 Å². The molecule has 0 unspecified atom stereocenters. The van der Waals surface area contributed by atoms with E-state index in [0.29, 0.717) is 5.39 Å². The molecule has 1 aromatic carbocycles. The Bertz CT molecular complexity index is 835. The van der Waals surface area contributed by atoms with E-state index in [1.54, 1.807) is 18.2 Å². The molecule has 0 amide bonds. The van der Waals surface area contributed by atoms with E-state index >= 15 is 0 Å². The van der Waals surface area contributed by atoms with Gasteiger partial charge in [0.15, 0.2) is 0 Å². The number of nitrogens with zero attached hydrogens (tertiary/aromatic N) is 2. The summed E-state index contributed by atoms with van der Waals surface area (Å²) in [6.45, 7) is 0. The second-order valence-corrected chi connectivity index (χ2v) is 5.94. The van der Waals surface area contributed by atoms with Crippen LogP contribution in [0.3, 0.4) is 0 Å². The minimum atomic E-state index is -1.08. The second kappa shape index (κ2) is 4.49. The number of hydrogen-bond acceptors (Lipinski definition) is 3. The Morgan fingerprint density at radius 2 is 2.00 bits per heavy atom. The van der Waals surface area contributed by atoms with Gasteiger partial charge in [0.05, 0.1) is 0 Å². The maximum absolute atomic E-state index is 12.3. The molecule has 3 aromatic rings. The van der Waals surface area contributed by atoms with Gasteiger partial charge in [-0.1, -0.05) is 0 Å². The summed E-state index contributed by atoms with van der Waals surface area (Å²) in [5, 5.41) is 9.79. The zero-order valence-electron chi connectivity index (χ0n) is 9.61. The monoisotopic (exact) mass is 320 g/mol. The van der Waals surface area contributed by atoms with Gasteiger partial charge < -0.3 is 0 Å². The minimum absolute atomic E-state index is 0.0468. The number of carboxylic acid groups (broad SMARTS) is 1. The third kappa shape index (κ3) is 1.91. The molecule has 0 bridgehead atoms. The summed E-state index contributed by atoms with van der Waals surface area (Å²) in [7, 11) is 0. The van der Waals surface area contributed by atoms with E-state index in [2.05, 4.69) is 4.98 Å². The molecule has 0 atom stereocenters. The Balaban J connectivity index is 2.34. The van der Waals surface area contributed by atoms with E-state index in [0.717, 1.165) is 4.26 Å². The number of fused-ring (bicyclic) bond motifs is 1. The molecule has 0 aliphatic carbocycles. The molecule has 0 radical (unpaired) electrons. The van der Waals surface area contributed by atoms with Crippen LogP contribution in [0.4, 0.5) is 0 Å². The first-order valence-electron chi connectivity index (χ1n) is 5.48. The van der Waals surface area contributed by atoms with Gasteiger partial charge in [-0.15, -0.1) is 0 Å². The van der Waals surface area contributed by atoms with Gasteiger partial charge in [-0.05, 0) is 0 Å². The topological polar surface area (TPSA) is 72.2 Å². The van der Waals surface area contributed by atoms with Crippen molar-refractivity contribution in [3.63, 3.8) is 0 Å². The number of pyridine rings is 1. The average molecular weight is 319 g/mol. The van der Waals surface area contributed by atoms with Gasteiger partial charge in [-0.3, -0.25) is 0 Å². The summed E-state index contributed by atoms with van der Waals surface area (Å²) in [5.41, 5.74) is -0.137. The van der Waals surface area contributed by atoms with E-state index in [9.17, 15) is 9.59 Å². The summed E-state index contributed by atoms with van der Waals surface area (Å²) >= 11 is -0.272. The van der Waals surface area contributed by atoms with Crippen molar-refractivity contribution >= 4 is 30.3 Å². The fourth-order valence-corrected chi connectivity index (χ4v) is 3.94. The molecular weight excluding hydrogens is 311 g/mol. The molecule has 3 rings (SSSR count). The number of hydrogen-bond donors (Lipinski definition) is 1. The van der Waals surface area contributed by atoms with Gasteiger partial charge in [0.2, 0.25) is 0 Å². The summed E-state index contributed by atoms with van der Waals surface area (Å²) in [4.78, 5) is 27.5. The third-order valence-corrected chi connectivity index (χ3v) is 4.95. The maximum atomic E-state index is 12.3. The predicted molar refractivity (Wildman–Crippen MR) is 71.2 cm³/mol. The summed E-state index contributed by atoms with van der Waals surface area (Å²) < 4.78 is 2.41. The van der Waals surface area contributed by atoms with Crippen LogP contribution in [0.15, 0.2) is 47.4 Å². The van der Waals surface area contributed by atoms with E-state index in [1.807, 2.05) is 12.1 Å². The third-order valence-electron chi connectivity index (χ3n) is 2.70. The van der Waals surface area contributed by atoms with Crippen molar-refractivity contribution in [3.05, 3.63) is 58.5 Å². The Morgan fingerprint density at radius 3 is 2.74 bits per heavy atom. The number of rotatable bonds is 2. The summed E-state index contributed by atoms with van der Waals surface area (Å²) in [5.74, 6) is -0.862. The predicted octanol–water partition coefficient (Wildman–Crippen LogP) is 1.14. The standard InChI is InChI=1S/C13H8N2O3Se/c16-12-8-4-1-2-6-10(8)19-15(12)11-9(13(17)18)5-3-7-14-11/h1-7H,(H,17,18). The molecule has 1 N–H and O–H groups in total. The van der Waals surface area contributed by atoms with Crippen molar-refractivity contribution in [2.45, 2.75) is 0 Å². The molecular formula is C13H8N2O3Se. The fraction of sp³-hybridized carbons (Fsp3) is 0. The Hall–Kier alpha value is -2.17. The van der Waals surface area contributed by atoms with Crippen LogP contribution in [0.2, 0.25) is 0 Å². The molecule has 19 heavy (non-hydrogen) atoms. The molecule has 6 heteroatoms. The quantitative estimate of drug-likeness (QED) is 0.719. The Kier molecular flexibility index (Phi) is 2.81. The average Bonchev–Trinajstić information content (AvgIpc) is 2.76. The van der Waals surface area contributed by atoms with Gasteiger partial charge in [0.25, 0.3) is 0 Å². The van der Waals surface area contributed by atoms with Crippen LogP contribution >= 0.6 is 0 Å². The number of aromatic nitrogens is 2. The van der Waals surface area contributed by atoms with E-state index in [4.69, 9.17) is 5.11 Å². The van der Waals surface area contributed by atoms with Crippen molar-refractivity contribution in [3.8, 4) is 5.82 Å². The zero-order chi connectivity index (χ0) is 13.4. The van der Waals surface area contributed by atoms with Gasteiger partial charge >= 0.3 is 113 Å². The van der Waals surface area contributed by atoms with Gasteiger partial charge in [0.1, 0.15) is 0 Å². The van der Waals surface area contributed by atoms with Crippen molar-refractivity contribution < 1.29 is 9.90 Å². The number of benzene rings is 1. The second-order valence-electron chi connectivity index (χ2n) is 3.87. The first-order valence-corrected chi connectivity index (χ1v) is 7.10. The molecule has 2 aromatic heterocycles. The molecule has 5 nitrogen and oxygen atoms in total. The first-order chi connectivity index (χ1) is 9.18. The van der Waals surface area contributed by atoms with Crippen molar-refractivity contribution in [2.75, 3.05) is 0 Å². The van der Waals surface area contributed by atoms with Gasteiger partial charge in [-0.25, -0.2) is 0 Å². The van der Waals surface area contributed by atoms with E-state index in [1.165, 1.54) is 15.8 Å². The van der Waals surface area contributed by atoms with Crippen molar-refractivity contribution in [1.82, 2.24) is 8.55 Å². The van der Waals surface area contributed by atoms with E-state index in [-0.39, 0.29) is 31.7 Å². The van der Waals surface area contributed by atoms with Crippen LogP contribution in [0.25, 0.3) is 15.5 Å². The summed E-state index contributed by atoms with van der Waals surface area (Å²) in [6.07, 6.45) is 1.49. The molecule has 0 aliphatic heterocycles. The zero-order valence-corrected chi connectivity index (χ0v) is 11.3. The van der Waals surface area contributed by atoms with Crippen LogP contribution in [0.1, 0.15) is 10.4 Å². The Labute approximate surface area is 113 Å². The number of carboxylic acids is 1. The normalized spacial score (nSPS) is 10.7. The fourth-order valence-electron chi connectivity index (χ4n) is 1.84. The van der Waals surface area contributed by atoms with Crippen LogP contribution in [0.5, 0.6) is 0 Å². The number of carbonyl (C=O) groups is 1. The molecule has 2 heterocycles. The van der Waals surface area contributed by atoms with Crippen LogP contribution in [-0.2, 0) is 0 Å². The molecule has 94 valence electrons. The first kappa shape index (κ1) is 11.9. The van der Waals surface area contributed by atoms with Crippen LogP contribution in [0, 0.1) is 0 Å². The van der Waals surface area contributed by atoms with E-state index < -0.39 is 5.97 Å². The summed E-state index contributed by atoms with van der Waals surface area (Å²) in [6, 6.07) is 10.3. The molecule has 0 saturated heterocycles. The molecule has 0 spiro atoms. The molecule has 0 aliphatic rings. The van der Waals surface area contributed by atoms with Crippen LogP contribution in [-0.4, -0.2) is 34.4 Å². The molecule has 0 saturated carbocycles. The van der Waals surface area contributed by atoms with Gasteiger partial charge in [-0.2, -0.15) is 0 Å². The molecule has 0 fully saturated rings. The number of aromatic carboxylic acids is 1. The SMILES string of the molecule is O=C(O)c1cccnc1-n1[se]c2ccccc2c1=O. The van der Waals surface area contributed by atoms with Gasteiger partial charge in [0, 0.05) is 0 Å². The van der Waals surface area contributed by atoms with Crippen molar-refractivity contribution in [1.29, 1.82) is 0 Å². The van der Waals surface area contributed by atoms with Crippen molar-refractivity contribution in [2.24, 2.45) is 0 Å². The Morgan fingerprint density at radius 1 is 1.21 bits per heavy atom.